The zero-order valence-corrected chi connectivity index (χ0v) is 13.3. The lowest BCUT2D eigenvalue weighted by Crippen LogP contribution is -2.29. The van der Waals surface area contributed by atoms with Crippen molar-refractivity contribution in [2.75, 3.05) is 5.75 Å². The molecule has 1 heterocycles. The molecule has 1 unspecified atom stereocenters. The van der Waals surface area contributed by atoms with Crippen molar-refractivity contribution in [2.45, 2.75) is 38.5 Å². The minimum Gasteiger partial charge on any atom is -0.286 e. The van der Waals surface area contributed by atoms with Gasteiger partial charge < -0.3 is 0 Å². The smallest absolute Gasteiger partial charge is 0.264 e. The monoisotopic (exact) mass is 353 g/mol. The molecule has 0 radical (unpaired) electrons. The molecule has 1 aliphatic rings. The predicted molar refractivity (Wildman–Crippen MR) is 76.7 cm³/mol. The summed E-state index contributed by atoms with van der Waals surface area (Å²) in [4.78, 5) is 3.82. The number of fused-ring (bicyclic) bond motifs is 1. The molecule has 0 bridgehead atoms. The minimum atomic E-state index is -4.11. The fraction of sp³-hybridized carbons (Fsp3) is 0.500. The lowest BCUT2D eigenvalue weighted by atomic mass is 9.75. The highest BCUT2D eigenvalue weighted by molar-refractivity contribution is 7.85. The number of rotatable bonds is 5. The van der Waals surface area contributed by atoms with Gasteiger partial charge in [-0.1, -0.05) is 13.3 Å². The summed E-state index contributed by atoms with van der Waals surface area (Å²) in [5.74, 6) is -7.30. The maximum atomic E-state index is 14.1. The number of halogens is 4. The van der Waals surface area contributed by atoms with E-state index in [-0.39, 0.29) is 30.5 Å². The number of benzene rings is 1. The Balaban J connectivity index is 2.35. The Kier molecular flexibility index (Phi) is 4.55. The van der Waals surface area contributed by atoms with Crippen molar-refractivity contribution in [3.8, 4) is 0 Å². The van der Waals surface area contributed by atoms with E-state index in [1.165, 1.54) is 13.8 Å². The molecular formula is C14H15F4NO3S. The molecule has 9 heteroatoms. The molecule has 1 N–H and O–H groups in total. The highest BCUT2D eigenvalue weighted by Crippen LogP contribution is 2.47. The molecular weight excluding hydrogens is 338 g/mol. The Morgan fingerprint density at radius 3 is 2.17 bits per heavy atom. The van der Waals surface area contributed by atoms with Gasteiger partial charge in [0.05, 0.1) is 5.75 Å². The lowest BCUT2D eigenvalue weighted by molar-refractivity contribution is 0.396. The van der Waals surface area contributed by atoms with E-state index >= 15 is 0 Å². The predicted octanol–water partition coefficient (Wildman–Crippen LogP) is 3.66. The Labute approximate surface area is 131 Å². The molecule has 2 rings (SSSR count). The van der Waals surface area contributed by atoms with Crippen LogP contribution < -0.4 is 0 Å². The van der Waals surface area contributed by atoms with Gasteiger partial charge in [-0.15, -0.1) is 0 Å². The number of nitrogens with zero attached hydrogens (tertiary/aromatic N) is 1. The van der Waals surface area contributed by atoms with Crippen molar-refractivity contribution in [2.24, 2.45) is 4.99 Å². The van der Waals surface area contributed by atoms with E-state index in [0.717, 1.165) is 0 Å². The van der Waals surface area contributed by atoms with Crippen LogP contribution in [0, 0.1) is 23.3 Å². The largest absolute Gasteiger partial charge is 0.286 e. The van der Waals surface area contributed by atoms with E-state index in [1.807, 2.05) is 0 Å². The van der Waals surface area contributed by atoms with Crippen LogP contribution in [0.4, 0.5) is 23.2 Å². The highest BCUT2D eigenvalue weighted by Gasteiger charge is 2.43. The minimum absolute atomic E-state index is 0.0881. The first-order valence-corrected chi connectivity index (χ1v) is 8.47. The zero-order chi connectivity index (χ0) is 17.6. The molecule has 0 amide bonds. The van der Waals surface area contributed by atoms with Crippen LogP contribution in [0.3, 0.4) is 0 Å². The van der Waals surface area contributed by atoms with E-state index in [2.05, 4.69) is 4.99 Å². The number of hydrogen-bond acceptors (Lipinski definition) is 3. The van der Waals surface area contributed by atoms with E-state index < -0.39 is 50.2 Å². The Morgan fingerprint density at radius 1 is 1.04 bits per heavy atom. The van der Waals surface area contributed by atoms with Gasteiger partial charge in [-0.2, -0.15) is 8.42 Å². The van der Waals surface area contributed by atoms with Crippen molar-refractivity contribution in [3.63, 3.8) is 0 Å². The topological polar surface area (TPSA) is 66.7 Å². The maximum absolute atomic E-state index is 14.1. The summed E-state index contributed by atoms with van der Waals surface area (Å²) < 4.78 is 84.8. The summed E-state index contributed by atoms with van der Waals surface area (Å²) in [7, 11) is -4.11. The molecule has 0 fully saturated rings. The zero-order valence-electron chi connectivity index (χ0n) is 12.5. The van der Waals surface area contributed by atoms with Crippen LogP contribution in [0.15, 0.2) is 4.99 Å². The molecule has 1 aliphatic heterocycles. The van der Waals surface area contributed by atoms with Gasteiger partial charge in [-0.3, -0.25) is 9.55 Å². The highest BCUT2D eigenvalue weighted by atomic mass is 32.2. The van der Waals surface area contributed by atoms with E-state index in [4.69, 9.17) is 4.55 Å². The average Bonchev–Trinajstić information content (AvgIpc) is 2.71. The second-order valence-corrected chi connectivity index (χ2v) is 7.32. The van der Waals surface area contributed by atoms with Gasteiger partial charge in [-0.05, 0) is 19.8 Å². The Bertz CT molecular complexity index is 792. The van der Waals surface area contributed by atoms with E-state index in [0.29, 0.717) is 0 Å². The normalized spacial score (nSPS) is 20.6. The molecule has 0 saturated carbocycles. The Hall–Kier alpha value is -1.48. The second kappa shape index (κ2) is 5.86. The summed E-state index contributed by atoms with van der Waals surface area (Å²) in [6.07, 6.45) is 0.472. The third-order valence-corrected chi connectivity index (χ3v) is 5.01. The lowest BCUT2D eigenvalue weighted by Gasteiger charge is -2.26. The molecule has 1 aromatic rings. The third kappa shape index (κ3) is 3.12. The molecule has 23 heavy (non-hydrogen) atoms. The van der Waals surface area contributed by atoms with Gasteiger partial charge in [0.15, 0.2) is 23.3 Å². The van der Waals surface area contributed by atoms with Crippen molar-refractivity contribution < 1.29 is 30.5 Å². The SMILES string of the molecule is CC1=Nc2c(F)c(F)c(F)c(F)c2C1(C)CCCCS(=O)(=O)O. The third-order valence-electron chi connectivity index (χ3n) is 4.20. The summed E-state index contributed by atoms with van der Waals surface area (Å²) in [5, 5.41) is 0. The van der Waals surface area contributed by atoms with Crippen LogP contribution in [-0.4, -0.2) is 24.4 Å². The fourth-order valence-electron chi connectivity index (χ4n) is 2.77. The van der Waals surface area contributed by atoms with Crippen molar-refractivity contribution >= 4 is 21.5 Å². The van der Waals surface area contributed by atoms with Gasteiger partial charge in [0.25, 0.3) is 10.1 Å². The van der Waals surface area contributed by atoms with Crippen molar-refractivity contribution in [1.82, 2.24) is 0 Å². The van der Waals surface area contributed by atoms with Gasteiger partial charge in [-0.25, -0.2) is 17.6 Å². The van der Waals surface area contributed by atoms with Crippen LogP contribution in [0.5, 0.6) is 0 Å². The summed E-state index contributed by atoms with van der Waals surface area (Å²) in [6.45, 7) is 2.99. The molecule has 1 atom stereocenters. The first-order chi connectivity index (χ1) is 10.5. The van der Waals surface area contributed by atoms with Gasteiger partial charge in [0.2, 0.25) is 0 Å². The second-order valence-electron chi connectivity index (χ2n) is 5.75. The molecule has 128 valence electrons. The number of aliphatic imine (C=N–C) groups is 1. The van der Waals surface area contributed by atoms with Gasteiger partial charge in [0.1, 0.15) is 5.69 Å². The maximum Gasteiger partial charge on any atom is 0.264 e. The van der Waals surface area contributed by atoms with Crippen molar-refractivity contribution in [1.29, 1.82) is 0 Å². The first kappa shape index (κ1) is 17.9. The molecule has 0 saturated heterocycles. The summed E-state index contributed by atoms with van der Waals surface area (Å²) >= 11 is 0. The summed E-state index contributed by atoms with van der Waals surface area (Å²) in [5.41, 5.74) is -1.81. The number of hydrogen-bond donors (Lipinski definition) is 1. The molecule has 1 aromatic carbocycles. The van der Waals surface area contributed by atoms with Gasteiger partial charge >= 0.3 is 0 Å². The van der Waals surface area contributed by atoms with Crippen LogP contribution in [-0.2, 0) is 15.5 Å². The molecule has 4 nitrogen and oxygen atoms in total. The molecule has 0 aromatic heterocycles. The average molecular weight is 353 g/mol. The number of unbranched alkanes of at least 4 members (excludes halogenated alkanes) is 1. The van der Waals surface area contributed by atoms with Crippen LogP contribution in [0.25, 0.3) is 0 Å². The summed E-state index contributed by atoms with van der Waals surface area (Å²) in [6, 6.07) is 0. The van der Waals surface area contributed by atoms with Gasteiger partial charge in [0, 0.05) is 16.7 Å². The van der Waals surface area contributed by atoms with Crippen LogP contribution in [0.1, 0.15) is 38.7 Å². The van der Waals surface area contributed by atoms with E-state index in [1.54, 1.807) is 0 Å². The van der Waals surface area contributed by atoms with E-state index in [9.17, 15) is 26.0 Å². The first-order valence-electron chi connectivity index (χ1n) is 6.86. The fourth-order valence-corrected chi connectivity index (χ4v) is 3.34. The molecule has 0 spiro atoms. The quantitative estimate of drug-likeness (QED) is 0.289. The standard InChI is InChI=1S/C14H15F4NO3S/c1-7-14(2,5-3-4-6-23(20,21)22)8-9(15)10(16)11(17)12(18)13(8)19-7/h3-6H2,1-2H3,(H,20,21,22). The van der Waals surface area contributed by atoms with Crippen LogP contribution in [0.2, 0.25) is 0 Å². The van der Waals surface area contributed by atoms with Crippen LogP contribution >= 0.6 is 0 Å². The Morgan fingerprint density at radius 2 is 1.61 bits per heavy atom. The molecule has 0 aliphatic carbocycles. The van der Waals surface area contributed by atoms with Crippen molar-refractivity contribution in [3.05, 3.63) is 28.8 Å².